The molecule has 0 saturated carbocycles. The van der Waals surface area contributed by atoms with Crippen molar-refractivity contribution in [3.8, 4) is 0 Å². The molecule has 0 aromatic carbocycles. The number of hydrogen-bond donors (Lipinski definition) is 11. The van der Waals surface area contributed by atoms with Crippen LogP contribution in [0, 0.1) is 0 Å². The Hall–Kier alpha value is -3.05. The maximum absolute atomic E-state index is 12.3. The largest absolute Gasteiger partial charge is 0.394 e. The number of aliphatic hydroxyl groups is 9. The molecule has 0 aromatic heterocycles. The van der Waals surface area contributed by atoms with Gasteiger partial charge in [-0.25, -0.2) is 4.79 Å². The highest BCUT2D eigenvalue weighted by molar-refractivity contribution is 6.01. The van der Waals surface area contributed by atoms with E-state index < -0.39 is 136 Å². The number of nitrogens with zero attached hydrogens (tertiary/aromatic N) is 1. The summed E-state index contributed by atoms with van der Waals surface area (Å²) in [6.07, 6.45) is -22.9. The van der Waals surface area contributed by atoms with Crippen LogP contribution in [-0.2, 0) is 57.2 Å². The van der Waals surface area contributed by atoms with Crippen LogP contribution in [0.25, 0.3) is 0 Å². The molecule has 57 heavy (non-hydrogen) atoms. The van der Waals surface area contributed by atoms with Crippen LogP contribution in [0.15, 0.2) is 0 Å². The molecule has 0 aromatic rings. The van der Waals surface area contributed by atoms with E-state index in [1.54, 1.807) is 0 Å². The number of aliphatic hydroxyl groups excluding tert-OH is 9. The number of nitrogens with one attached hydrogen (secondary N) is 2. The molecule has 4 rings (SSSR count). The van der Waals surface area contributed by atoms with E-state index in [0.717, 1.165) is 6.92 Å². The van der Waals surface area contributed by atoms with Crippen LogP contribution in [0.4, 0.5) is 0 Å². The molecule has 24 nitrogen and oxygen atoms in total. The zero-order valence-electron chi connectivity index (χ0n) is 31.0. The van der Waals surface area contributed by atoms with Crippen LogP contribution >= 0.6 is 0 Å². The Balaban J connectivity index is 1.28. The molecule has 6 unspecified atom stereocenters. The summed E-state index contributed by atoms with van der Waals surface area (Å²) in [5.41, 5.74) is 0. The van der Waals surface area contributed by atoms with Gasteiger partial charge in [-0.15, -0.1) is 5.06 Å². The summed E-state index contributed by atoms with van der Waals surface area (Å²) in [5.74, 6) is -2.91. The van der Waals surface area contributed by atoms with Crippen LogP contribution < -0.4 is 10.6 Å². The van der Waals surface area contributed by atoms with Crippen LogP contribution in [0.5, 0.6) is 0 Å². The van der Waals surface area contributed by atoms with Crippen LogP contribution in [0.1, 0.15) is 51.9 Å². The Morgan fingerprint density at radius 3 is 1.86 bits per heavy atom. The SMILES string of the molecule is CC(=O)NC1[C@H](OCCCNC(=O)CCCCC(=O)ON2C(=O)CCC2=O)OC(CO)[C@@H](O[C@@H]2OC(CO)[C@H](O)[C@H](O[C@H]3OC(CO)[C@H](O)C(O)[C@@H]3O)C2O)[C@@H]1O. The Kier molecular flexibility index (Phi) is 17.8. The smallest absolute Gasteiger partial charge is 0.333 e. The number of unbranched alkanes of at least 4 members (excludes halogenated alkanes) is 1. The monoisotopic (exact) mass is 827 g/mol. The molecule has 0 spiro atoms. The molecule has 4 fully saturated rings. The second-order valence-corrected chi connectivity index (χ2v) is 13.9. The van der Waals surface area contributed by atoms with Gasteiger partial charge in [-0.3, -0.25) is 19.2 Å². The van der Waals surface area contributed by atoms with E-state index in [9.17, 15) is 69.9 Å². The van der Waals surface area contributed by atoms with Gasteiger partial charge < -0.3 is 89.9 Å². The third kappa shape index (κ3) is 12.0. The first-order chi connectivity index (χ1) is 27.1. The summed E-state index contributed by atoms with van der Waals surface area (Å²) in [5, 5.41) is 99.3. The van der Waals surface area contributed by atoms with E-state index in [2.05, 4.69) is 10.6 Å². The lowest BCUT2D eigenvalue weighted by Gasteiger charge is -2.48. The highest BCUT2D eigenvalue weighted by Gasteiger charge is 2.54. The van der Waals surface area contributed by atoms with Crippen LogP contribution in [0.2, 0.25) is 0 Å². The summed E-state index contributed by atoms with van der Waals surface area (Å²) in [6, 6.07) is -1.33. The lowest BCUT2D eigenvalue weighted by Crippen LogP contribution is -2.68. The predicted octanol–water partition coefficient (Wildman–Crippen LogP) is -6.73. The Bertz CT molecular complexity index is 1340. The van der Waals surface area contributed by atoms with Gasteiger partial charge in [-0.2, -0.15) is 0 Å². The number of carbonyl (C=O) groups excluding carboxylic acids is 5. The molecule has 326 valence electrons. The molecule has 0 aliphatic carbocycles. The van der Waals surface area contributed by atoms with Gasteiger partial charge in [0.2, 0.25) is 11.8 Å². The van der Waals surface area contributed by atoms with E-state index in [1.165, 1.54) is 0 Å². The van der Waals surface area contributed by atoms with Crippen LogP contribution in [0.3, 0.4) is 0 Å². The van der Waals surface area contributed by atoms with E-state index in [0.29, 0.717) is 11.5 Å². The summed E-state index contributed by atoms with van der Waals surface area (Å²) in [4.78, 5) is 64.2. The maximum atomic E-state index is 12.3. The molecule has 4 aliphatic heterocycles. The third-order valence-electron chi connectivity index (χ3n) is 9.63. The fourth-order valence-corrected chi connectivity index (χ4v) is 6.53. The second kappa shape index (κ2) is 21.8. The molecule has 11 N–H and O–H groups in total. The normalized spacial score (nSPS) is 37.2. The van der Waals surface area contributed by atoms with Crippen LogP contribution in [-0.4, -0.2) is 206 Å². The zero-order chi connectivity index (χ0) is 42.0. The van der Waals surface area contributed by atoms with Gasteiger partial charge in [0.1, 0.15) is 73.2 Å². The number of imide groups is 1. The first kappa shape index (κ1) is 46.6. The van der Waals surface area contributed by atoms with Crippen molar-refractivity contribution in [2.45, 2.75) is 144 Å². The molecular formula is C33H53N3O21. The number of rotatable bonds is 19. The van der Waals surface area contributed by atoms with Crippen molar-refractivity contribution in [2.24, 2.45) is 0 Å². The minimum Gasteiger partial charge on any atom is -0.394 e. The molecule has 0 radical (unpaired) electrons. The summed E-state index contributed by atoms with van der Waals surface area (Å²) in [7, 11) is 0. The number of hydrogen-bond acceptors (Lipinski definition) is 21. The van der Waals surface area contributed by atoms with Crippen molar-refractivity contribution >= 4 is 29.6 Å². The number of carbonyl (C=O) groups is 5. The van der Waals surface area contributed by atoms with Gasteiger partial charge in [0.05, 0.1) is 26.4 Å². The maximum Gasteiger partial charge on any atom is 0.333 e. The molecule has 24 heteroatoms. The molecular weight excluding hydrogens is 774 g/mol. The Morgan fingerprint density at radius 2 is 1.25 bits per heavy atom. The van der Waals surface area contributed by atoms with Gasteiger partial charge in [0, 0.05) is 39.2 Å². The summed E-state index contributed by atoms with van der Waals surface area (Å²) >= 11 is 0. The van der Waals surface area contributed by atoms with E-state index >= 15 is 0 Å². The fraction of sp³-hybridized carbons (Fsp3) is 0.848. The molecule has 4 saturated heterocycles. The van der Waals surface area contributed by atoms with E-state index in [4.69, 9.17) is 33.3 Å². The van der Waals surface area contributed by atoms with Crippen molar-refractivity contribution in [1.29, 1.82) is 0 Å². The van der Waals surface area contributed by atoms with Gasteiger partial charge in [0.25, 0.3) is 11.8 Å². The minimum atomic E-state index is -1.97. The van der Waals surface area contributed by atoms with Gasteiger partial charge in [0.15, 0.2) is 18.9 Å². The quantitative estimate of drug-likeness (QED) is 0.0426. The minimum absolute atomic E-state index is 0.0240. The second-order valence-electron chi connectivity index (χ2n) is 13.9. The summed E-state index contributed by atoms with van der Waals surface area (Å²) < 4.78 is 33.8. The zero-order valence-corrected chi connectivity index (χ0v) is 31.0. The van der Waals surface area contributed by atoms with Crippen molar-refractivity contribution in [3.05, 3.63) is 0 Å². The van der Waals surface area contributed by atoms with Gasteiger partial charge in [-0.1, -0.05) is 0 Å². The van der Waals surface area contributed by atoms with Crippen molar-refractivity contribution in [3.63, 3.8) is 0 Å². The van der Waals surface area contributed by atoms with Crippen molar-refractivity contribution < 1.29 is 103 Å². The first-order valence-corrected chi connectivity index (χ1v) is 18.5. The average molecular weight is 828 g/mol. The topological polar surface area (TPSA) is 359 Å². The summed E-state index contributed by atoms with van der Waals surface area (Å²) in [6.45, 7) is -1.24. The number of hydroxylamine groups is 2. The van der Waals surface area contributed by atoms with E-state index in [1.807, 2.05) is 0 Å². The van der Waals surface area contributed by atoms with E-state index in [-0.39, 0.29) is 57.6 Å². The molecule has 15 atom stereocenters. The average Bonchev–Trinajstić information content (AvgIpc) is 3.49. The lowest BCUT2D eigenvalue weighted by molar-refractivity contribution is -0.376. The molecule has 4 amide bonds. The predicted molar refractivity (Wildman–Crippen MR) is 180 cm³/mol. The number of amides is 4. The van der Waals surface area contributed by atoms with Gasteiger partial charge in [-0.05, 0) is 19.3 Å². The Morgan fingerprint density at radius 1 is 0.684 bits per heavy atom. The molecule has 4 heterocycles. The standard InChI is InChI=1S/C33H53N3O21/c1-14(40)35-22-25(47)29(55-33-28(50)30(24(46)16(12-38)53-33)56-32-27(49)26(48)23(45)15(11-37)52-32)17(13-39)54-31(22)51-10-4-9-34-18(41)5-2-3-6-21(44)57-36-19(42)7-8-20(36)43/h15-17,22-33,37-39,45-50H,2-13H2,1H3,(H,34,41)(H,35,40)/t15?,16?,17?,22?,23-,24-,25+,26?,27-,28?,29+,30-,31+,32+,33-/m0/s1. The fourth-order valence-electron chi connectivity index (χ4n) is 6.53. The third-order valence-corrected chi connectivity index (χ3v) is 9.63. The van der Waals surface area contributed by atoms with Crippen molar-refractivity contribution in [1.82, 2.24) is 15.7 Å². The van der Waals surface area contributed by atoms with Gasteiger partial charge >= 0.3 is 5.97 Å². The number of ether oxygens (including phenoxy) is 6. The van der Waals surface area contributed by atoms with Crippen molar-refractivity contribution in [2.75, 3.05) is 33.0 Å². The lowest BCUT2D eigenvalue weighted by atomic mass is 9.95. The first-order valence-electron chi connectivity index (χ1n) is 18.5. The highest BCUT2D eigenvalue weighted by atomic mass is 16.8. The Labute approximate surface area is 325 Å². The molecule has 0 bridgehead atoms. The highest BCUT2D eigenvalue weighted by Crippen LogP contribution is 2.33. The molecule has 4 aliphatic rings.